The van der Waals surface area contributed by atoms with Gasteiger partial charge in [-0.15, -0.1) is 5.10 Å². The number of rotatable bonds is 3. The monoisotopic (exact) mass is 299 g/mol. The largest absolute Gasteiger partial charge is 0.382 e. The normalized spacial score (nSPS) is 12.7. The number of aromatic nitrogens is 3. The molecule has 0 aliphatic rings. The molecule has 4 nitrogen and oxygen atoms in total. The quantitative estimate of drug-likeness (QED) is 0.946. The molecule has 0 fully saturated rings. The molecule has 0 amide bonds. The van der Waals surface area contributed by atoms with Crippen molar-refractivity contribution in [3.05, 3.63) is 45.9 Å². The highest BCUT2D eigenvalue weighted by atomic mass is 79.9. The molecular weight excluding hydrogens is 289 g/mol. The van der Waals surface area contributed by atoms with E-state index in [1.807, 2.05) is 6.92 Å². The van der Waals surface area contributed by atoms with Crippen molar-refractivity contribution in [1.82, 2.24) is 15.0 Å². The molecule has 1 aromatic carbocycles. The van der Waals surface area contributed by atoms with Crippen molar-refractivity contribution in [2.45, 2.75) is 19.6 Å². The molecule has 0 saturated heterocycles. The second-order valence-electron chi connectivity index (χ2n) is 3.54. The van der Waals surface area contributed by atoms with E-state index in [1.165, 1.54) is 18.3 Å². The van der Waals surface area contributed by atoms with E-state index in [0.29, 0.717) is 22.3 Å². The Labute approximate surface area is 106 Å². The molecule has 6 heteroatoms. The second-order valence-corrected chi connectivity index (χ2v) is 4.40. The molecule has 0 aliphatic carbocycles. The fraction of sp³-hybridized carbons (Fsp3) is 0.273. The van der Waals surface area contributed by atoms with Crippen LogP contribution in [0.2, 0.25) is 0 Å². The van der Waals surface area contributed by atoms with Crippen molar-refractivity contribution in [2.24, 2.45) is 0 Å². The van der Waals surface area contributed by atoms with Gasteiger partial charge in [0.2, 0.25) is 0 Å². The summed E-state index contributed by atoms with van der Waals surface area (Å²) in [6.45, 7) is 2.49. The molecule has 0 aliphatic heterocycles. The van der Waals surface area contributed by atoms with E-state index in [2.05, 4.69) is 26.2 Å². The van der Waals surface area contributed by atoms with Gasteiger partial charge in [-0.1, -0.05) is 21.1 Å². The minimum atomic E-state index is -0.949. The molecule has 1 aromatic heterocycles. The predicted molar refractivity (Wildman–Crippen MR) is 63.9 cm³/mol. The van der Waals surface area contributed by atoms with E-state index in [1.54, 1.807) is 10.7 Å². The summed E-state index contributed by atoms with van der Waals surface area (Å²) in [6, 6.07) is 4.19. The lowest BCUT2D eigenvalue weighted by Gasteiger charge is -2.13. The van der Waals surface area contributed by atoms with Gasteiger partial charge in [0.05, 0.1) is 11.9 Å². The Morgan fingerprint density at radius 3 is 3.00 bits per heavy atom. The van der Waals surface area contributed by atoms with Crippen LogP contribution in [0, 0.1) is 5.82 Å². The first-order valence-electron chi connectivity index (χ1n) is 5.15. The van der Waals surface area contributed by atoms with Crippen molar-refractivity contribution >= 4 is 15.9 Å². The number of hydrogen-bond donors (Lipinski definition) is 1. The summed E-state index contributed by atoms with van der Waals surface area (Å²) in [5, 5.41) is 17.8. The zero-order valence-electron chi connectivity index (χ0n) is 9.14. The summed E-state index contributed by atoms with van der Waals surface area (Å²) < 4.78 is 15.4. The first-order valence-corrected chi connectivity index (χ1v) is 5.94. The van der Waals surface area contributed by atoms with Gasteiger partial charge in [-0.05, 0) is 25.1 Å². The van der Waals surface area contributed by atoms with E-state index in [-0.39, 0.29) is 0 Å². The zero-order valence-corrected chi connectivity index (χ0v) is 10.7. The number of aliphatic hydroxyl groups excluding tert-OH is 1. The molecule has 2 aromatic rings. The van der Waals surface area contributed by atoms with Crippen LogP contribution in [0.15, 0.2) is 28.9 Å². The Kier molecular flexibility index (Phi) is 3.54. The van der Waals surface area contributed by atoms with Gasteiger partial charge in [0, 0.05) is 16.6 Å². The summed E-state index contributed by atoms with van der Waals surface area (Å²) >= 11 is 3.29. The molecule has 0 saturated carbocycles. The van der Waals surface area contributed by atoms with E-state index >= 15 is 0 Å². The Hall–Kier alpha value is -1.27. The van der Waals surface area contributed by atoms with Crippen LogP contribution in [-0.4, -0.2) is 20.1 Å². The lowest BCUT2D eigenvalue weighted by molar-refractivity contribution is 0.207. The summed E-state index contributed by atoms with van der Waals surface area (Å²) in [4.78, 5) is 0. The van der Waals surface area contributed by atoms with Gasteiger partial charge in [0.1, 0.15) is 11.9 Å². The average Bonchev–Trinajstić information content (AvgIpc) is 2.79. The highest BCUT2D eigenvalue weighted by molar-refractivity contribution is 9.10. The number of aliphatic hydroxyl groups is 1. The molecular formula is C11H11BrFN3O. The molecule has 1 atom stereocenters. The van der Waals surface area contributed by atoms with Crippen LogP contribution >= 0.6 is 15.9 Å². The van der Waals surface area contributed by atoms with Crippen LogP contribution in [-0.2, 0) is 6.54 Å². The predicted octanol–water partition coefficient (Wildman–Crippen LogP) is 2.28. The van der Waals surface area contributed by atoms with E-state index in [9.17, 15) is 9.50 Å². The fourth-order valence-electron chi connectivity index (χ4n) is 1.61. The minimum absolute atomic E-state index is 0.391. The second kappa shape index (κ2) is 4.93. The van der Waals surface area contributed by atoms with Crippen molar-refractivity contribution in [2.75, 3.05) is 0 Å². The van der Waals surface area contributed by atoms with Gasteiger partial charge in [0.15, 0.2) is 0 Å². The number of benzene rings is 1. The lowest BCUT2D eigenvalue weighted by atomic mass is 10.1. The molecule has 0 bridgehead atoms. The van der Waals surface area contributed by atoms with Crippen LogP contribution in [0.25, 0.3) is 0 Å². The van der Waals surface area contributed by atoms with Crippen molar-refractivity contribution in [1.29, 1.82) is 0 Å². The smallest absolute Gasteiger partial charge is 0.123 e. The Morgan fingerprint density at radius 1 is 1.53 bits per heavy atom. The summed E-state index contributed by atoms with van der Waals surface area (Å²) in [6.07, 6.45) is 0.529. The first-order chi connectivity index (χ1) is 8.13. The summed E-state index contributed by atoms with van der Waals surface area (Å²) in [7, 11) is 0. The number of nitrogens with zero attached hydrogens (tertiary/aromatic N) is 3. The van der Waals surface area contributed by atoms with Crippen LogP contribution in [0.4, 0.5) is 4.39 Å². The maximum atomic E-state index is 13.2. The molecule has 1 N–H and O–H groups in total. The van der Waals surface area contributed by atoms with Gasteiger partial charge in [-0.2, -0.15) is 0 Å². The molecule has 90 valence electrons. The van der Waals surface area contributed by atoms with Gasteiger partial charge in [-0.25, -0.2) is 9.07 Å². The van der Waals surface area contributed by atoms with Crippen LogP contribution < -0.4 is 0 Å². The minimum Gasteiger partial charge on any atom is -0.382 e. The topological polar surface area (TPSA) is 50.9 Å². The first kappa shape index (κ1) is 12.2. The third-order valence-electron chi connectivity index (χ3n) is 2.48. The number of hydrogen-bond acceptors (Lipinski definition) is 3. The van der Waals surface area contributed by atoms with Crippen LogP contribution in [0.1, 0.15) is 24.3 Å². The number of aryl methyl sites for hydroxylation is 1. The van der Waals surface area contributed by atoms with Gasteiger partial charge < -0.3 is 5.11 Å². The van der Waals surface area contributed by atoms with E-state index < -0.39 is 11.9 Å². The molecule has 1 unspecified atom stereocenters. The Morgan fingerprint density at radius 2 is 2.29 bits per heavy atom. The van der Waals surface area contributed by atoms with E-state index in [0.717, 1.165) is 0 Å². The zero-order chi connectivity index (χ0) is 12.4. The summed E-state index contributed by atoms with van der Waals surface area (Å²) in [5.41, 5.74) is 1.00. The number of halogens is 2. The van der Waals surface area contributed by atoms with Gasteiger partial charge in [0.25, 0.3) is 0 Å². The molecule has 17 heavy (non-hydrogen) atoms. The maximum absolute atomic E-state index is 13.2. The van der Waals surface area contributed by atoms with Crippen molar-refractivity contribution in [3.8, 4) is 0 Å². The lowest BCUT2D eigenvalue weighted by Crippen LogP contribution is -2.09. The third kappa shape index (κ3) is 2.37. The maximum Gasteiger partial charge on any atom is 0.123 e. The molecule has 0 spiro atoms. The molecule has 0 radical (unpaired) electrons. The van der Waals surface area contributed by atoms with Gasteiger partial charge in [-0.3, -0.25) is 0 Å². The Bertz CT molecular complexity index is 529. The third-order valence-corrected chi connectivity index (χ3v) is 3.20. The molecule has 1 heterocycles. The highest BCUT2D eigenvalue weighted by Crippen LogP contribution is 2.28. The van der Waals surface area contributed by atoms with Crippen molar-refractivity contribution < 1.29 is 9.50 Å². The van der Waals surface area contributed by atoms with E-state index in [4.69, 9.17) is 0 Å². The molecule has 2 rings (SSSR count). The Balaban J connectivity index is 2.43. The van der Waals surface area contributed by atoms with Crippen LogP contribution in [0.5, 0.6) is 0 Å². The fourth-order valence-corrected chi connectivity index (χ4v) is 2.07. The standard InChI is InChI=1S/C11H11BrFN3O/c1-2-16-10(6-14-15-16)11(17)8-5-7(13)3-4-9(8)12/h3-6,11,17H,2H2,1H3. The average molecular weight is 300 g/mol. The van der Waals surface area contributed by atoms with Gasteiger partial charge >= 0.3 is 0 Å². The van der Waals surface area contributed by atoms with Crippen molar-refractivity contribution in [3.63, 3.8) is 0 Å². The highest BCUT2D eigenvalue weighted by Gasteiger charge is 2.18. The summed E-state index contributed by atoms with van der Waals surface area (Å²) in [5.74, 6) is -0.391. The SMILES string of the molecule is CCn1nncc1C(O)c1cc(F)ccc1Br. The van der Waals surface area contributed by atoms with Crippen LogP contribution in [0.3, 0.4) is 0 Å².